The topological polar surface area (TPSA) is 136 Å². The van der Waals surface area contributed by atoms with Crippen LogP contribution in [0.5, 0.6) is 5.75 Å². The first-order chi connectivity index (χ1) is 11.7. The number of hydrogen-bond donors (Lipinski definition) is 2. The zero-order chi connectivity index (χ0) is 18.8. The molecule has 2 aromatic carbocycles. The van der Waals surface area contributed by atoms with E-state index in [1.165, 1.54) is 6.07 Å². The van der Waals surface area contributed by atoms with Crippen LogP contribution < -0.4 is 4.72 Å². The second kappa shape index (κ2) is 6.95. The molecule has 9 nitrogen and oxygen atoms in total. The molecule has 2 aromatic rings. The predicted octanol–water partition coefficient (Wildman–Crippen LogP) is 2.54. The molecule has 0 amide bonds. The largest absolute Gasteiger partial charge is 0.506 e. The summed E-state index contributed by atoms with van der Waals surface area (Å²) in [6.07, 6.45) is 0. The van der Waals surface area contributed by atoms with Crippen LogP contribution >= 0.6 is 11.6 Å². The average molecular weight is 387 g/mol. The molecule has 0 fully saturated rings. The van der Waals surface area contributed by atoms with Crippen molar-refractivity contribution in [3.8, 4) is 5.75 Å². The maximum absolute atomic E-state index is 12.3. The normalized spacial score (nSPS) is 11.0. The number of carbonyl (C=O) groups is 1. The first-order valence-electron chi connectivity index (χ1n) is 6.54. The number of esters is 1. The lowest BCUT2D eigenvalue weighted by atomic mass is 10.2. The summed E-state index contributed by atoms with van der Waals surface area (Å²) in [6.45, 7) is 0. The van der Waals surface area contributed by atoms with Gasteiger partial charge in [0.25, 0.3) is 15.7 Å². The summed E-state index contributed by atoms with van der Waals surface area (Å²) >= 11 is 5.65. The Bertz CT molecular complexity index is 960. The van der Waals surface area contributed by atoms with E-state index in [4.69, 9.17) is 11.6 Å². The molecule has 2 rings (SSSR count). The molecule has 0 heterocycles. The lowest BCUT2D eigenvalue weighted by Gasteiger charge is -2.10. The van der Waals surface area contributed by atoms with E-state index in [1.807, 2.05) is 0 Å². The summed E-state index contributed by atoms with van der Waals surface area (Å²) < 4.78 is 31.2. The van der Waals surface area contributed by atoms with Gasteiger partial charge in [-0.15, -0.1) is 0 Å². The summed E-state index contributed by atoms with van der Waals surface area (Å²) in [5.74, 6) is -1.23. The quantitative estimate of drug-likeness (QED) is 0.348. The van der Waals surface area contributed by atoms with E-state index in [2.05, 4.69) is 9.46 Å². The fourth-order valence-corrected chi connectivity index (χ4v) is 3.15. The fraction of sp³-hybridized carbons (Fsp3) is 0.0714. The molecule has 0 unspecified atom stereocenters. The molecule has 25 heavy (non-hydrogen) atoms. The van der Waals surface area contributed by atoms with Crippen molar-refractivity contribution in [1.29, 1.82) is 0 Å². The van der Waals surface area contributed by atoms with Crippen molar-refractivity contribution in [2.45, 2.75) is 4.90 Å². The Morgan fingerprint density at radius 2 is 1.96 bits per heavy atom. The highest BCUT2D eigenvalue weighted by atomic mass is 35.5. The molecular formula is C14H11ClN2O7S. The third-order valence-corrected chi connectivity index (χ3v) is 4.77. The summed E-state index contributed by atoms with van der Waals surface area (Å²) in [5, 5.41) is 20.5. The van der Waals surface area contributed by atoms with Crippen molar-refractivity contribution in [1.82, 2.24) is 0 Å². The lowest BCUT2D eigenvalue weighted by molar-refractivity contribution is -0.384. The molecule has 0 atom stereocenters. The van der Waals surface area contributed by atoms with Crippen molar-refractivity contribution < 1.29 is 28.0 Å². The highest BCUT2D eigenvalue weighted by molar-refractivity contribution is 7.92. The Balaban J connectivity index is 2.38. The Morgan fingerprint density at radius 3 is 2.52 bits per heavy atom. The van der Waals surface area contributed by atoms with Crippen LogP contribution in [-0.2, 0) is 14.8 Å². The van der Waals surface area contributed by atoms with Gasteiger partial charge in [-0.25, -0.2) is 13.2 Å². The molecule has 0 bridgehead atoms. The smallest absolute Gasteiger partial charge is 0.337 e. The number of rotatable bonds is 5. The van der Waals surface area contributed by atoms with Gasteiger partial charge in [0, 0.05) is 6.07 Å². The minimum absolute atomic E-state index is 0.0186. The number of nitrogens with one attached hydrogen (secondary N) is 1. The first kappa shape index (κ1) is 18.5. The molecule has 0 aliphatic rings. The number of ether oxygens (including phenoxy) is 1. The molecule has 132 valence electrons. The van der Waals surface area contributed by atoms with Gasteiger partial charge in [0.1, 0.15) is 10.8 Å². The monoisotopic (exact) mass is 386 g/mol. The van der Waals surface area contributed by atoms with E-state index >= 15 is 0 Å². The maximum atomic E-state index is 12.3. The SMILES string of the molecule is COC(=O)c1ccc(NS(=O)(=O)c2ccc(Cl)c([N+](=O)[O-])c2)c(O)c1. The van der Waals surface area contributed by atoms with Gasteiger partial charge in [-0.2, -0.15) is 0 Å². The van der Waals surface area contributed by atoms with E-state index in [1.54, 1.807) is 0 Å². The van der Waals surface area contributed by atoms with Crippen molar-refractivity contribution in [2.75, 3.05) is 11.8 Å². The lowest BCUT2D eigenvalue weighted by Crippen LogP contribution is -2.13. The molecule has 11 heteroatoms. The Labute approximate surface area is 147 Å². The highest BCUT2D eigenvalue weighted by Crippen LogP contribution is 2.30. The van der Waals surface area contributed by atoms with Gasteiger partial charge in [0.2, 0.25) is 0 Å². The summed E-state index contributed by atoms with van der Waals surface area (Å²) in [7, 11) is -3.08. The van der Waals surface area contributed by atoms with Gasteiger partial charge in [0.05, 0.1) is 28.2 Å². The molecule has 0 radical (unpaired) electrons. The zero-order valence-corrected chi connectivity index (χ0v) is 14.2. The van der Waals surface area contributed by atoms with Crippen molar-refractivity contribution >= 4 is 39.0 Å². The number of aromatic hydroxyl groups is 1. The molecule has 0 saturated heterocycles. The molecule has 0 aliphatic carbocycles. The number of methoxy groups -OCH3 is 1. The number of anilines is 1. The van der Waals surface area contributed by atoms with E-state index < -0.39 is 37.2 Å². The second-order valence-electron chi connectivity index (χ2n) is 4.70. The van der Waals surface area contributed by atoms with Crippen LogP contribution in [0.15, 0.2) is 41.3 Å². The second-order valence-corrected chi connectivity index (χ2v) is 6.79. The van der Waals surface area contributed by atoms with Gasteiger partial charge < -0.3 is 9.84 Å². The van der Waals surface area contributed by atoms with Crippen LogP contribution in [0.4, 0.5) is 11.4 Å². The Kier molecular flexibility index (Phi) is 5.14. The minimum Gasteiger partial charge on any atom is -0.506 e. The molecule has 2 N–H and O–H groups in total. The number of benzene rings is 2. The molecular weight excluding hydrogens is 376 g/mol. The number of sulfonamides is 1. The Morgan fingerprint density at radius 1 is 1.28 bits per heavy atom. The van der Waals surface area contributed by atoms with Gasteiger partial charge in [0.15, 0.2) is 0 Å². The van der Waals surface area contributed by atoms with Gasteiger partial charge in [-0.3, -0.25) is 14.8 Å². The van der Waals surface area contributed by atoms with E-state index in [0.29, 0.717) is 0 Å². The summed E-state index contributed by atoms with van der Waals surface area (Å²) in [4.78, 5) is 21.0. The first-order valence-corrected chi connectivity index (χ1v) is 8.40. The van der Waals surface area contributed by atoms with Crippen LogP contribution in [0, 0.1) is 10.1 Å². The van der Waals surface area contributed by atoms with Crippen molar-refractivity contribution in [2.24, 2.45) is 0 Å². The molecule has 0 aliphatic heterocycles. The van der Waals surface area contributed by atoms with E-state index in [9.17, 15) is 28.4 Å². The number of phenols is 1. The van der Waals surface area contributed by atoms with Crippen molar-refractivity contribution in [3.05, 3.63) is 57.1 Å². The Hall–Kier alpha value is -2.85. The standard InChI is InChI=1S/C14H11ClN2O7S/c1-24-14(19)8-2-5-11(13(18)6-8)16-25(22,23)9-3-4-10(15)12(7-9)17(20)21/h2-7,16,18H,1H3. The van der Waals surface area contributed by atoms with E-state index in [0.717, 1.165) is 37.4 Å². The minimum atomic E-state index is -4.24. The van der Waals surface area contributed by atoms with Crippen LogP contribution in [0.1, 0.15) is 10.4 Å². The predicted molar refractivity (Wildman–Crippen MR) is 88.4 cm³/mol. The van der Waals surface area contributed by atoms with Crippen molar-refractivity contribution in [3.63, 3.8) is 0 Å². The number of nitrogens with zero attached hydrogens (tertiary/aromatic N) is 1. The average Bonchev–Trinajstić information content (AvgIpc) is 2.55. The third-order valence-electron chi connectivity index (χ3n) is 3.09. The number of nitro benzene ring substituents is 1. The maximum Gasteiger partial charge on any atom is 0.337 e. The van der Waals surface area contributed by atoms with Crippen LogP contribution in [0.3, 0.4) is 0 Å². The number of phenolic OH excluding ortho intramolecular Hbond substituents is 1. The third kappa shape index (κ3) is 3.98. The molecule has 0 spiro atoms. The summed E-state index contributed by atoms with van der Waals surface area (Å²) in [6, 6.07) is 6.38. The molecule has 0 aromatic heterocycles. The van der Waals surface area contributed by atoms with Gasteiger partial charge >= 0.3 is 5.97 Å². The number of carbonyl (C=O) groups excluding carboxylic acids is 1. The van der Waals surface area contributed by atoms with Crippen LogP contribution in [0.25, 0.3) is 0 Å². The summed E-state index contributed by atoms with van der Waals surface area (Å²) in [5.41, 5.74) is -0.773. The number of nitro groups is 1. The van der Waals surface area contributed by atoms with Crippen LogP contribution in [0.2, 0.25) is 5.02 Å². The van der Waals surface area contributed by atoms with E-state index in [-0.39, 0.29) is 16.3 Å². The fourth-order valence-electron chi connectivity index (χ4n) is 1.87. The van der Waals surface area contributed by atoms with Crippen LogP contribution in [-0.4, -0.2) is 31.5 Å². The number of halogens is 1. The number of hydrogen-bond acceptors (Lipinski definition) is 7. The molecule has 0 saturated carbocycles. The van der Waals surface area contributed by atoms with Gasteiger partial charge in [-0.05, 0) is 30.3 Å². The zero-order valence-electron chi connectivity index (χ0n) is 12.6. The highest BCUT2D eigenvalue weighted by Gasteiger charge is 2.22. The van der Waals surface area contributed by atoms with Gasteiger partial charge in [-0.1, -0.05) is 11.6 Å².